The monoisotopic (exact) mass is 325 g/mol. The summed E-state index contributed by atoms with van der Waals surface area (Å²) >= 11 is 3.21. The number of nitrogens with zero attached hydrogens (tertiary/aromatic N) is 1. The number of carbonyl (C=O) groups excluding carboxylic acids is 2. The Hall–Kier alpha value is -2.07. The zero-order valence-corrected chi connectivity index (χ0v) is 11.6. The van der Waals surface area contributed by atoms with Gasteiger partial charge >= 0.3 is 5.97 Å². The number of benzene rings is 1. The molecule has 19 heavy (non-hydrogen) atoms. The van der Waals surface area contributed by atoms with Crippen LogP contribution < -0.4 is 11.1 Å². The van der Waals surface area contributed by atoms with E-state index in [1.807, 2.05) is 6.07 Å². The van der Waals surface area contributed by atoms with E-state index in [2.05, 4.69) is 21.2 Å². The minimum atomic E-state index is -0.630. The van der Waals surface area contributed by atoms with E-state index in [1.54, 1.807) is 6.07 Å². The molecule has 0 aliphatic carbocycles. The first kappa shape index (κ1) is 15.0. The van der Waals surface area contributed by atoms with E-state index in [-0.39, 0.29) is 25.1 Å². The van der Waals surface area contributed by atoms with Crippen molar-refractivity contribution in [3.63, 3.8) is 0 Å². The molecule has 0 atom stereocenters. The molecule has 0 unspecified atom stereocenters. The third kappa shape index (κ3) is 4.97. The maximum atomic E-state index is 11.6. The molecule has 1 aromatic rings. The molecule has 0 saturated carbocycles. The first-order valence-corrected chi connectivity index (χ1v) is 6.19. The van der Waals surface area contributed by atoms with Crippen molar-refractivity contribution in [1.82, 2.24) is 5.32 Å². The van der Waals surface area contributed by atoms with Gasteiger partial charge in [-0.3, -0.25) is 4.79 Å². The van der Waals surface area contributed by atoms with Crippen LogP contribution >= 0.6 is 15.9 Å². The summed E-state index contributed by atoms with van der Waals surface area (Å²) < 4.78 is 5.49. The zero-order chi connectivity index (χ0) is 14.3. The molecule has 3 N–H and O–H groups in total. The van der Waals surface area contributed by atoms with Crippen LogP contribution in [0.3, 0.4) is 0 Å². The molecule has 1 aromatic carbocycles. The number of rotatable bonds is 5. The van der Waals surface area contributed by atoms with Crippen molar-refractivity contribution in [3.05, 3.63) is 28.2 Å². The molecule has 0 bridgehead atoms. The van der Waals surface area contributed by atoms with Gasteiger partial charge in [-0.05, 0) is 34.1 Å². The van der Waals surface area contributed by atoms with E-state index in [1.165, 1.54) is 12.1 Å². The van der Waals surface area contributed by atoms with Crippen LogP contribution in [0.4, 0.5) is 5.69 Å². The number of nitrogens with two attached hydrogens (primary N) is 1. The molecule has 0 saturated heterocycles. The third-order valence-corrected chi connectivity index (χ3v) is 2.85. The number of halogens is 1. The summed E-state index contributed by atoms with van der Waals surface area (Å²) in [6, 6.07) is 6.50. The summed E-state index contributed by atoms with van der Waals surface area (Å²) in [7, 11) is 0. The van der Waals surface area contributed by atoms with E-state index in [9.17, 15) is 9.59 Å². The van der Waals surface area contributed by atoms with Crippen molar-refractivity contribution >= 4 is 33.5 Å². The van der Waals surface area contributed by atoms with Crippen molar-refractivity contribution in [3.8, 4) is 6.07 Å². The number of amides is 1. The highest BCUT2D eigenvalue weighted by molar-refractivity contribution is 9.10. The molecule has 0 aliphatic heterocycles. The summed E-state index contributed by atoms with van der Waals surface area (Å²) in [6.07, 6.45) is 0.211. The Morgan fingerprint density at radius 2 is 2.21 bits per heavy atom. The molecule has 0 spiro atoms. The smallest absolute Gasteiger partial charge is 0.338 e. The van der Waals surface area contributed by atoms with Gasteiger partial charge in [-0.25, -0.2) is 4.79 Å². The van der Waals surface area contributed by atoms with Crippen molar-refractivity contribution in [2.75, 3.05) is 18.9 Å². The lowest BCUT2D eigenvalue weighted by molar-refractivity contribution is -0.124. The molecule has 100 valence electrons. The first-order chi connectivity index (χ1) is 9.04. The zero-order valence-electron chi connectivity index (χ0n) is 9.98. The predicted molar refractivity (Wildman–Crippen MR) is 72.1 cm³/mol. The Balaban J connectivity index is 2.45. The first-order valence-electron chi connectivity index (χ1n) is 5.40. The van der Waals surface area contributed by atoms with Gasteiger partial charge in [0.1, 0.15) is 0 Å². The van der Waals surface area contributed by atoms with E-state index >= 15 is 0 Å². The van der Waals surface area contributed by atoms with E-state index in [4.69, 9.17) is 15.7 Å². The summed E-state index contributed by atoms with van der Waals surface area (Å²) in [6.45, 7) is -0.154. The minimum Gasteiger partial charge on any atom is -0.452 e. The molecule has 1 rings (SSSR count). The number of hydrogen-bond donors (Lipinski definition) is 2. The number of carbonyl (C=O) groups is 2. The highest BCUT2D eigenvalue weighted by Crippen LogP contribution is 2.20. The minimum absolute atomic E-state index is 0.211. The maximum Gasteiger partial charge on any atom is 0.338 e. The van der Waals surface area contributed by atoms with Gasteiger partial charge in [-0.1, -0.05) is 0 Å². The van der Waals surface area contributed by atoms with Crippen molar-refractivity contribution < 1.29 is 14.3 Å². The fourth-order valence-electron chi connectivity index (χ4n) is 1.19. The molecular weight excluding hydrogens is 314 g/mol. The SMILES string of the molecule is N#CCCNC(=O)COC(=O)c1ccc(Br)c(N)c1. The van der Waals surface area contributed by atoms with Crippen LogP contribution in [-0.4, -0.2) is 25.0 Å². The third-order valence-electron chi connectivity index (χ3n) is 2.13. The normalized spacial score (nSPS) is 9.47. The molecule has 7 heteroatoms. The largest absolute Gasteiger partial charge is 0.452 e. The number of hydrogen-bond acceptors (Lipinski definition) is 5. The Labute approximate surface area is 118 Å². The molecule has 0 radical (unpaired) electrons. The van der Waals surface area contributed by atoms with E-state index < -0.39 is 11.9 Å². The van der Waals surface area contributed by atoms with Crippen LogP contribution in [0.15, 0.2) is 22.7 Å². The lowest BCUT2D eigenvalue weighted by Gasteiger charge is -2.06. The van der Waals surface area contributed by atoms with Crippen LogP contribution in [0.25, 0.3) is 0 Å². The standard InChI is InChI=1S/C12H12BrN3O3/c13-9-3-2-8(6-10(9)15)12(18)19-7-11(17)16-5-1-4-14/h2-3,6H,1,5,7,15H2,(H,16,17). The quantitative estimate of drug-likeness (QED) is 0.481. The van der Waals surface area contributed by atoms with Crippen LogP contribution in [0.5, 0.6) is 0 Å². The maximum absolute atomic E-state index is 11.6. The van der Waals surface area contributed by atoms with Gasteiger partial charge in [0.2, 0.25) is 0 Å². The Bertz CT molecular complexity index is 525. The number of esters is 1. The van der Waals surface area contributed by atoms with Crippen molar-refractivity contribution in [2.24, 2.45) is 0 Å². The average molecular weight is 326 g/mol. The molecular formula is C12H12BrN3O3. The van der Waals surface area contributed by atoms with Crippen LogP contribution in [0, 0.1) is 11.3 Å². The van der Waals surface area contributed by atoms with Gasteiger partial charge in [0, 0.05) is 16.7 Å². The average Bonchev–Trinajstić information content (AvgIpc) is 2.39. The summed E-state index contributed by atoms with van der Waals surface area (Å²) in [4.78, 5) is 22.9. The second-order valence-electron chi connectivity index (χ2n) is 3.57. The van der Waals surface area contributed by atoms with Crippen molar-refractivity contribution in [1.29, 1.82) is 5.26 Å². The van der Waals surface area contributed by atoms with Gasteiger partial charge < -0.3 is 15.8 Å². The molecule has 0 aliphatic rings. The number of nitrogen functional groups attached to an aromatic ring is 1. The van der Waals surface area contributed by atoms with Crippen LogP contribution in [0.1, 0.15) is 16.8 Å². The predicted octanol–water partition coefficient (Wildman–Crippen LogP) is 1.22. The molecule has 0 fully saturated rings. The van der Waals surface area contributed by atoms with Crippen LogP contribution in [-0.2, 0) is 9.53 Å². The van der Waals surface area contributed by atoms with Gasteiger partial charge in [0.05, 0.1) is 18.1 Å². The Kier molecular flexibility index (Phi) is 5.82. The second-order valence-corrected chi connectivity index (χ2v) is 4.42. The fourth-order valence-corrected chi connectivity index (χ4v) is 1.44. The number of nitrogens with one attached hydrogen (secondary N) is 1. The molecule has 0 heterocycles. The van der Waals surface area contributed by atoms with Gasteiger partial charge in [-0.2, -0.15) is 5.26 Å². The number of nitriles is 1. The summed E-state index contributed by atoms with van der Waals surface area (Å²) in [5, 5.41) is 10.7. The van der Waals surface area contributed by atoms with Crippen molar-refractivity contribution in [2.45, 2.75) is 6.42 Å². The molecule has 1 amide bonds. The van der Waals surface area contributed by atoms with Gasteiger partial charge in [-0.15, -0.1) is 0 Å². The van der Waals surface area contributed by atoms with Crippen LogP contribution in [0.2, 0.25) is 0 Å². The lowest BCUT2D eigenvalue weighted by atomic mass is 10.2. The molecule has 0 aromatic heterocycles. The fraction of sp³-hybridized carbons (Fsp3) is 0.250. The van der Waals surface area contributed by atoms with E-state index in [0.717, 1.165) is 0 Å². The van der Waals surface area contributed by atoms with Gasteiger partial charge in [0.15, 0.2) is 6.61 Å². The summed E-state index contributed by atoms with van der Waals surface area (Å²) in [5.41, 5.74) is 6.31. The number of ether oxygens (including phenoxy) is 1. The Morgan fingerprint density at radius 3 is 2.84 bits per heavy atom. The lowest BCUT2D eigenvalue weighted by Crippen LogP contribution is -2.29. The topological polar surface area (TPSA) is 105 Å². The van der Waals surface area contributed by atoms with Gasteiger partial charge in [0.25, 0.3) is 5.91 Å². The highest BCUT2D eigenvalue weighted by Gasteiger charge is 2.11. The highest BCUT2D eigenvalue weighted by atomic mass is 79.9. The summed E-state index contributed by atoms with van der Waals surface area (Å²) in [5.74, 6) is -1.08. The van der Waals surface area contributed by atoms with E-state index in [0.29, 0.717) is 10.2 Å². The Morgan fingerprint density at radius 1 is 1.47 bits per heavy atom. The number of anilines is 1. The second kappa shape index (κ2) is 7.38. The molecule has 6 nitrogen and oxygen atoms in total.